The lowest BCUT2D eigenvalue weighted by molar-refractivity contribution is 0.0949. The molecule has 0 aliphatic heterocycles. The van der Waals surface area contributed by atoms with Crippen LogP contribution < -0.4 is 11.2 Å². The van der Waals surface area contributed by atoms with Crippen LogP contribution in [0.2, 0.25) is 0 Å². The minimum absolute atomic E-state index is 0.0118. The molecule has 0 fully saturated rings. The average Bonchev–Trinajstić information content (AvgIpc) is 3.40. The molecule has 0 aliphatic carbocycles. The van der Waals surface area contributed by atoms with Gasteiger partial charge in [-0.25, -0.2) is 14.4 Å². The smallest absolute Gasteiger partial charge is 0.293 e. The van der Waals surface area contributed by atoms with Crippen molar-refractivity contribution in [2.24, 2.45) is 5.10 Å². The van der Waals surface area contributed by atoms with Crippen molar-refractivity contribution in [3.8, 4) is 5.82 Å². The van der Waals surface area contributed by atoms with Gasteiger partial charge >= 0.3 is 0 Å². The molecule has 2 heterocycles. The first-order valence-corrected chi connectivity index (χ1v) is 10.3. The number of rotatable bonds is 7. The standard InChI is InChI=1S/C20H17FN8O2S/c1-12-2-8-15(9-3-12)32-11-16-17(24-28-29(16)19-18(22)26-31-27-19)20(30)25-23-10-13-4-6-14(21)7-5-13/h2-10H,11H2,1H3,(H2,22,26)(H,25,30)/b23-10-. The molecule has 162 valence electrons. The van der Waals surface area contributed by atoms with Gasteiger partial charge in [-0.1, -0.05) is 35.0 Å². The number of nitrogens with one attached hydrogen (secondary N) is 1. The molecule has 0 saturated heterocycles. The molecular weight excluding hydrogens is 435 g/mol. The topological polar surface area (TPSA) is 137 Å². The normalized spacial score (nSPS) is 11.2. The van der Waals surface area contributed by atoms with Crippen molar-refractivity contribution in [1.29, 1.82) is 0 Å². The first kappa shape index (κ1) is 21.2. The first-order chi connectivity index (χ1) is 15.5. The Morgan fingerprint density at radius 1 is 1.22 bits per heavy atom. The van der Waals surface area contributed by atoms with E-state index in [0.29, 0.717) is 17.0 Å². The molecule has 12 heteroatoms. The fourth-order valence-corrected chi connectivity index (χ4v) is 3.56. The quantitative estimate of drug-likeness (QED) is 0.248. The predicted molar refractivity (Wildman–Crippen MR) is 116 cm³/mol. The molecule has 2 aromatic heterocycles. The Labute approximate surface area is 185 Å². The molecule has 4 aromatic rings. The molecule has 0 saturated carbocycles. The molecule has 0 atom stereocenters. The summed E-state index contributed by atoms with van der Waals surface area (Å²) in [6.45, 7) is 2.00. The summed E-state index contributed by atoms with van der Waals surface area (Å²) in [6.07, 6.45) is 1.39. The van der Waals surface area contributed by atoms with E-state index in [9.17, 15) is 9.18 Å². The molecule has 2 aromatic carbocycles. The Hall–Kier alpha value is -4.06. The zero-order chi connectivity index (χ0) is 22.5. The molecule has 3 N–H and O–H groups in total. The third kappa shape index (κ3) is 4.81. The zero-order valence-electron chi connectivity index (χ0n) is 16.8. The molecule has 0 bridgehead atoms. The minimum Gasteiger partial charge on any atom is -0.378 e. The van der Waals surface area contributed by atoms with Crippen LogP contribution in [0.25, 0.3) is 5.82 Å². The fourth-order valence-electron chi connectivity index (χ4n) is 2.67. The molecule has 4 rings (SSSR count). The van der Waals surface area contributed by atoms with E-state index in [2.05, 4.69) is 35.8 Å². The highest BCUT2D eigenvalue weighted by Gasteiger charge is 2.24. The number of carbonyl (C=O) groups is 1. The van der Waals surface area contributed by atoms with Crippen LogP contribution in [0, 0.1) is 12.7 Å². The lowest BCUT2D eigenvalue weighted by Crippen LogP contribution is -2.20. The van der Waals surface area contributed by atoms with Gasteiger partial charge in [0, 0.05) is 10.6 Å². The van der Waals surface area contributed by atoms with Crippen molar-refractivity contribution in [3.63, 3.8) is 0 Å². The van der Waals surface area contributed by atoms with Crippen LogP contribution in [-0.2, 0) is 5.75 Å². The van der Waals surface area contributed by atoms with Crippen LogP contribution in [0.3, 0.4) is 0 Å². The maximum Gasteiger partial charge on any atom is 0.293 e. The van der Waals surface area contributed by atoms with E-state index >= 15 is 0 Å². The highest BCUT2D eigenvalue weighted by molar-refractivity contribution is 7.98. The zero-order valence-corrected chi connectivity index (χ0v) is 17.6. The number of halogens is 1. The second-order valence-electron chi connectivity index (χ2n) is 6.62. The maximum absolute atomic E-state index is 13.0. The van der Waals surface area contributed by atoms with Crippen molar-refractivity contribution in [1.82, 2.24) is 30.7 Å². The summed E-state index contributed by atoms with van der Waals surface area (Å²) in [4.78, 5) is 13.7. The molecule has 0 aliphatic rings. The number of thioether (sulfide) groups is 1. The van der Waals surface area contributed by atoms with Gasteiger partial charge in [0.2, 0.25) is 11.6 Å². The first-order valence-electron chi connectivity index (χ1n) is 9.32. The summed E-state index contributed by atoms with van der Waals surface area (Å²) >= 11 is 1.48. The summed E-state index contributed by atoms with van der Waals surface area (Å²) in [5.74, 6) is -0.458. The van der Waals surface area contributed by atoms with E-state index in [0.717, 1.165) is 10.5 Å². The number of aromatic nitrogens is 5. The average molecular weight is 452 g/mol. The number of nitrogens with two attached hydrogens (primary N) is 1. The SMILES string of the molecule is Cc1ccc(SCc2c(C(=O)N/N=C\c3ccc(F)cc3)nnn2-c2nonc2N)cc1. The van der Waals surface area contributed by atoms with E-state index in [1.807, 2.05) is 31.2 Å². The van der Waals surface area contributed by atoms with Crippen molar-refractivity contribution in [2.45, 2.75) is 17.6 Å². The number of aryl methyl sites for hydroxylation is 1. The third-order valence-corrected chi connectivity index (χ3v) is 5.34. The number of hydrogen-bond acceptors (Lipinski definition) is 9. The summed E-state index contributed by atoms with van der Waals surface area (Å²) in [5, 5.41) is 19.2. The molecule has 32 heavy (non-hydrogen) atoms. The number of nitrogen functional groups attached to an aromatic ring is 1. The van der Waals surface area contributed by atoms with Crippen molar-refractivity contribution >= 4 is 29.7 Å². The van der Waals surface area contributed by atoms with E-state index in [1.54, 1.807) is 0 Å². The van der Waals surface area contributed by atoms with E-state index in [1.165, 1.54) is 46.9 Å². The van der Waals surface area contributed by atoms with Crippen LogP contribution in [-0.4, -0.2) is 37.4 Å². The largest absolute Gasteiger partial charge is 0.378 e. The van der Waals surface area contributed by atoms with Crippen LogP contribution >= 0.6 is 11.8 Å². The molecule has 0 radical (unpaired) electrons. The molecule has 1 amide bonds. The third-order valence-electron chi connectivity index (χ3n) is 4.32. The Kier molecular flexibility index (Phi) is 6.22. The van der Waals surface area contributed by atoms with Gasteiger partial charge < -0.3 is 5.73 Å². The second kappa shape index (κ2) is 9.39. The molecule has 0 spiro atoms. The lowest BCUT2D eigenvalue weighted by atomic mass is 10.2. The second-order valence-corrected chi connectivity index (χ2v) is 7.67. The fraction of sp³-hybridized carbons (Fsp3) is 0.100. The molecule has 0 unspecified atom stereocenters. The molecule has 10 nitrogen and oxygen atoms in total. The number of anilines is 1. The Morgan fingerprint density at radius 2 is 1.97 bits per heavy atom. The number of hydrazone groups is 1. The van der Waals surface area contributed by atoms with Gasteiger partial charge in [-0.2, -0.15) is 9.78 Å². The predicted octanol–water partition coefficient (Wildman–Crippen LogP) is 2.74. The lowest BCUT2D eigenvalue weighted by Gasteiger charge is -2.06. The van der Waals surface area contributed by atoms with E-state index < -0.39 is 5.91 Å². The van der Waals surface area contributed by atoms with Gasteiger partial charge in [0.1, 0.15) is 5.82 Å². The van der Waals surface area contributed by atoms with Gasteiger partial charge in [0.15, 0.2) is 5.69 Å². The number of nitrogens with zero attached hydrogens (tertiary/aromatic N) is 6. The summed E-state index contributed by atoms with van der Waals surface area (Å²) in [7, 11) is 0. The van der Waals surface area contributed by atoms with E-state index in [-0.39, 0.29) is 23.1 Å². The van der Waals surface area contributed by atoms with Crippen LogP contribution in [0.15, 0.2) is 63.2 Å². The van der Waals surface area contributed by atoms with Gasteiger partial charge in [-0.15, -0.1) is 16.9 Å². The Bertz CT molecular complexity index is 1250. The summed E-state index contributed by atoms with van der Waals surface area (Å²) in [6, 6.07) is 13.6. The van der Waals surface area contributed by atoms with E-state index in [4.69, 9.17) is 5.73 Å². The number of benzene rings is 2. The number of hydrogen-bond donors (Lipinski definition) is 2. The van der Waals surface area contributed by atoms with Crippen LogP contribution in [0.1, 0.15) is 27.3 Å². The van der Waals surface area contributed by atoms with Gasteiger partial charge in [-0.05, 0) is 47.1 Å². The Balaban J connectivity index is 1.56. The van der Waals surface area contributed by atoms with Gasteiger partial charge in [0.05, 0.1) is 11.9 Å². The van der Waals surface area contributed by atoms with Crippen molar-refractivity contribution in [3.05, 3.63) is 76.9 Å². The minimum atomic E-state index is -0.579. The monoisotopic (exact) mass is 452 g/mol. The summed E-state index contributed by atoms with van der Waals surface area (Å²) < 4.78 is 19.0. The van der Waals surface area contributed by atoms with Gasteiger partial charge in [0.25, 0.3) is 5.91 Å². The van der Waals surface area contributed by atoms with Crippen LogP contribution in [0.5, 0.6) is 0 Å². The van der Waals surface area contributed by atoms with Gasteiger partial charge in [-0.3, -0.25) is 4.79 Å². The summed E-state index contributed by atoms with van der Waals surface area (Å²) in [5.41, 5.74) is 10.4. The highest BCUT2D eigenvalue weighted by Crippen LogP contribution is 2.26. The van der Waals surface area contributed by atoms with Crippen molar-refractivity contribution < 1.29 is 13.8 Å². The highest BCUT2D eigenvalue weighted by atomic mass is 32.2. The molecular formula is C20H17FN8O2S. The number of carbonyl (C=O) groups excluding carboxylic acids is 1. The Morgan fingerprint density at radius 3 is 2.66 bits per heavy atom. The maximum atomic E-state index is 13.0. The van der Waals surface area contributed by atoms with Crippen molar-refractivity contribution in [2.75, 3.05) is 5.73 Å². The number of amides is 1. The van der Waals surface area contributed by atoms with Crippen LogP contribution in [0.4, 0.5) is 10.2 Å².